The van der Waals surface area contributed by atoms with Crippen molar-refractivity contribution in [2.45, 2.75) is 18.3 Å². The largest absolute Gasteiger partial charge is 0.497 e. The first kappa shape index (κ1) is 23.3. The Balaban J connectivity index is 1.56. The number of alkyl halides is 3. The average Bonchev–Trinajstić information content (AvgIpc) is 3.47. The van der Waals surface area contributed by atoms with Gasteiger partial charge in [0.1, 0.15) is 5.75 Å². The number of hydrogen-bond acceptors (Lipinski definition) is 5. The van der Waals surface area contributed by atoms with E-state index in [2.05, 4.69) is 15.7 Å². The summed E-state index contributed by atoms with van der Waals surface area (Å²) in [6.07, 6.45) is -1.76. The Bertz CT molecular complexity index is 1510. The number of carbonyl (C=O) groups is 2. The molecule has 3 heterocycles. The number of fused-ring (bicyclic) bond motifs is 1. The molecule has 186 valence electrons. The van der Waals surface area contributed by atoms with Gasteiger partial charge < -0.3 is 19.7 Å². The van der Waals surface area contributed by atoms with Crippen LogP contribution in [0.15, 0.2) is 54.9 Å². The first-order valence-electron chi connectivity index (χ1n) is 10.7. The Morgan fingerprint density at radius 3 is 2.44 bits per heavy atom. The molecule has 36 heavy (non-hydrogen) atoms. The lowest BCUT2D eigenvalue weighted by Gasteiger charge is -2.27. The van der Waals surface area contributed by atoms with E-state index >= 15 is 0 Å². The van der Waals surface area contributed by atoms with E-state index in [1.54, 1.807) is 24.4 Å². The number of nitrogens with zero attached hydrogens (tertiary/aromatic N) is 3. The molecule has 1 saturated heterocycles. The third-order valence-electron chi connectivity index (χ3n) is 6.20. The maximum absolute atomic E-state index is 13.4. The topological polar surface area (TPSA) is 110 Å². The van der Waals surface area contributed by atoms with Crippen molar-refractivity contribution in [2.24, 2.45) is 7.05 Å². The summed E-state index contributed by atoms with van der Waals surface area (Å²) in [5.74, 6) is -0.271. The molecule has 3 N–H and O–H groups in total. The van der Waals surface area contributed by atoms with Gasteiger partial charge in [-0.15, -0.1) is 0 Å². The molecule has 1 aliphatic heterocycles. The van der Waals surface area contributed by atoms with Crippen molar-refractivity contribution in [3.05, 3.63) is 66.1 Å². The molecule has 12 heteroatoms. The number of aryl methyl sites for hydroxylation is 1. The summed E-state index contributed by atoms with van der Waals surface area (Å²) in [6, 6.07) is 10.2. The van der Waals surface area contributed by atoms with Gasteiger partial charge >= 0.3 is 12.2 Å². The molecule has 4 aromatic rings. The second kappa shape index (κ2) is 8.04. The van der Waals surface area contributed by atoms with Crippen LogP contribution >= 0.6 is 0 Å². The lowest BCUT2D eigenvalue weighted by atomic mass is 9.88. The molecule has 0 spiro atoms. The predicted molar refractivity (Wildman–Crippen MR) is 122 cm³/mol. The van der Waals surface area contributed by atoms with Crippen molar-refractivity contribution < 1.29 is 32.6 Å². The quantitative estimate of drug-likeness (QED) is 0.364. The van der Waals surface area contributed by atoms with Crippen molar-refractivity contribution >= 4 is 22.7 Å². The molecular formula is C24H20F3N5O4. The molecule has 0 aliphatic carbocycles. The van der Waals surface area contributed by atoms with Gasteiger partial charge in [-0.2, -0.15) is 18.3 Å². The van der Waals surface area contributed by atoms with Gasteiger partial charge in [-0.1, -0.05) is 24.3 Å². The average molecular weight is 499 g/mol. The Morgan fingerprint density at radius 1 is 1.11 bits per heavy atom. The molecule has 2 aromatic heterocycles. The zero-order valence-electron chi connectivity index (χ0n) is 19.1. The van der Waals surface area contributed by atoms with E-state index in [0.717, 1.165) is 4.68 Å². The van der Waals surface area contributed by atoms with Crippen molar-refractivity contribution in [1.82, 2.24) is 25.0 Å². The van der Waals surface area contributed by atoms with Gasteiger partial charge in [0.2, 0.25) is 0 Å². The number of halogens is 3. The van der Waals surface area contributed by atoms with Crippen LogP contribution in [-0.2, 0) is 30.1 Å². The van der Waals surface area contributed by atoms with Gasteiger partial charge in [0, 0.05) is 35.8 Å². The molecule has 1 atom stereocenters. The summed E-state index contributed by atoms with van der Waals surface area (Å²) < 4.78 is 48.0. The Morgan fingerprint density at radius 2 is 1.83 bits per heavy atom. The first-order valence-corrected chi connectivity index (χ1v) is 10.7. The molecule has 5 rings (SSSR count). The van der Waals surface area contributed by atoms with Crippen LogP contribution in [0.3, 0.4) is 0 Å². The smallest absolute Gasteiger partial charge is 0.435 e. The summed E-state index contributed by atoms with van der Waals surface area (Å²) >= 11 is 0. The van der Waals surface area contributed by atoms with E-state index in [0.29, 0.717) is 22.1 Å². The van der Waals surface area contributed by atoms with Gasteiger partial charge in [0.25, 0.3) is 5.91 Å². The first-order chi connectivity index (χ1) is 17.0. The minimum atomic E-state index is -4.65. The number of nitrogens with one attached hydrogen (secondary N) is 2. The summed E-state index contributed by atoms with van der Waals surface area (Å²) in [5.41, 5.74) is -2.21. The number of rotatable bonds is 5. The predicted octanol–water partition coefficient (Wildman–Crippen LogP) is 3.51. The number of ether oxygens (including phenoxy) is 1. The highest BCUT2D eigenvalue weighted by atomic mass is 19.4. The van der Waals surface area contributed by atoms with Gasteiger partial charge in [0.05, 0.1) is 13.7 Å². The minimum Gasteiger partial charge on any atom is -0.497 e. The maximum atomic E-state index is 13.4. The van der Waals surface area contributed by atoms with Crippen LogP contribution < -0.4 is 15.4 Å². The van der Waals surface area contributed by atoms with Crippen LogP contribution in [0.5, 0.6) is 11.6 Å². The molecule has 0 bridgehead atoms. The third kappa shape index (κ3) is 3.70. The molecule has 0 saturated carbocycles. The van der Waals surface area contributed by atoms with Crippen LogP contribution in [0, 0.1) is 0 Å². The van der Waals surface area contributed by atoms with Crippen molar-refractivity contribution in [2.75, 3.05) is 7.11 Å². The molecule has 0 radical (unpaired) electrons. The van der Waals surface area contributed by atoms with Gasteiger partial charge in [0.15, 0.2) is 17.1 Å². The molecular weight excluding hydrogens is 479 g/mol. The molecule has 2 aromatic carbocycles. The number of imide groups is 1. The molecule has 9 nitrogen and oxygen atoms in total. The lowest BCUT2D eigenvalue weighted by molar-refractivity contribution is -0.141. The van der Waals surface area contributed by atoms with Crippen LogP contribution in [0.4, 0.5) is 18.0 Å². The number of hydrogen-bond donors (Lipinski definition) is 3. The van der Waals surface area contributed by atoms with Gasteiger partial charge in [-0.05, 0) is 29.3 Å². The van der Waals surface area contributed by atoms with Crippen LogP contribution in [0.1, 0.15) is 11.3 Å². The Labute approximate surface area is 202 Å². The van der Waals surface area contributed by atoms with Gasteiger partial charge in [-0.3, -0.25) is 14.8 Å². The minimum absolute atomic E-state index is 0.117. The number of amides is 3. The number of aromatic hydroxyl groups is 1. The number of carbonyl (C=O) groups excluding carboxylic acids is 2. The normalized spacial score (nSPS) is 17.9. The van der Waals surface area contributed by atoms with Crippen molar-refractivity contribution in [1.29, 1.82) is 0 Å². The zero-order chi connectivity index (χ0) is 25.8. The number of benzene rings is 2. The summed E-state index contributed by atoms with van der Waals surface area (Å²) in [5, 5.41) is 20.4. The number of methoxy groups -OCH3 is 1. The standard InChI is InChI=1S/C24H20F3N5O4/c1-31-11-18(19(30-31)24(25,26)27)13-3-6-15(7-4-13)23(21(34)28-22(35)29-23)12-32-10-14-5-8-16(36-2)9-17(14)20(32)33/h3-11,33H,12H2,1-2H3,(H2,28,29,34,35)/t23-/m0/s1. The van der Waals surface area contributed by atoms with E-state index < -0.39 is 29.3 Å². The van der Waals surface area contributed by atoms with Crippen molar-refractivity contribution in [3.8, 4) is 22.8 Å². The van der Waals surface area contributed by atoms with E-state index in [9.17, 15) is 27.9 Å². The molecule has 3 amide bonds. The Kier molecular flexibility index (Phi) is 5.20. The van der Waals surface area contributed by atoms with Crippen molar-refractivity contribution in [3.63, 3.8) is 0 Å². The van der Waals surface area contributed by atoms with Gasteiger partial charge in [-0.25, -0.2) is 4.79 Å². The molecule has 0 unspecified atom stereocenters. The highest BCUT2D eigenvalue weighted by Crippen LogP contribution is 2.38. The van der Waals surface area contributed by atoms with Crippen LogP contribution in [0.2, 0.25) is 0 Å². The highest BCUT2D eigenvalue weighted by Gasteiger charge is 2.48. The SMILES string of the molecule is COc1ccc2cn(C[C@@]3(c4ccc(-c5cn(C)nc5C(F)(F)F)cc4)NC(=O)NC3=O)c(O)c2c1. The fraction of sp³-hybridized carbons (Fsp3) is 0.208. The second-order valence-corrected chi connectivity index (χ2v) is 8.49. The Hall–Kier alpha value is -4.48. The second-order valence-electron chi connectivity index (χ2n) is 8.49. The monoisotopic (exact) mass is 499 g/mol. The number of aromatic nitrogens is 3. The molecule has 1 fully saturated rings. The van der Waals surface area contributed by atoms with Crippen LogP contribution in [-0.4, -0.2) is 38.5 Å². The molecule has 1 aliphatic rings. The fourth-order valence-electron chi connectivity index (χ4n) is 4.47. The third-order valence-corrected chi connectivity index (χ3v) is 6.20. The summed E-state index contributed by atoms with van der Waals surface area (Å²) in [6.45, 7) is -0.173. The number of urea groups is 1. The fourth-order valence-corrected chi connectivity index (χ4v) is 4.47. The van der Waals surface area contributed by atoms with E-state index in [4.69, 9.17) is 4.74 Å². The summed E-state index contributed by atoms with van der Waals surface area (Å²) in [7, 11) is 2.89. The highest BCUT2D eigenvalue weighted by molar-refractivity contribution is 6.07. The van der Waals surface area contributed by atoms with E-state index in [-0.39, 0.29) is 23.6 Å². The zero-order valence-corrected chi connectivity index (χ0v) is 19.1. The summed E-state index contributed by atoms with van der Waals surface area (Å²) in [4.78, 5) is 25.2. The van der Waals surface area contributed by atoms with E-state index in [1.165, 1.54) is 49.2 Å². The van der Waals surface area contributed by atoms with E-state index in [1.807, 2.05) is 0 Å². The lowest BCUT2D eigenvalue weighted by Crippen LogP contribution is -2.47. The van der Waals surface area contributed by atoms with Crippen LogP contribution in [0.25, 0.3) is 21.9 Å². The maximum Gasteiger partial charge on any atom is 0.435 e.